The van der Waals surface area contributed by atoms with Gasteiger partial charge in [-0.25, -0.2) is 0 Å². The van der Waals surface area contributed by atoms with E-state index < -0.39 is 11.8 Å². The monoisotopic (exact) mass is 434 g/mol. The summed E-state index contributed by atoms with van der Waals surface area (Å²) in [5, 5.41) is 6.28. The highest BCUT2D eigenvalue weighted by Crippen LogP contribution is 2.26. The highest BCUT2D eigenvalue weighted by atomic mass is 16.3. The van der Waals surface area contributed by atoms with Crippen molar-refractivity contribution in [3.8, 4) is 0 Å². The van der Waals surface area contributed by atoms with E-state index in [1.54, 1.807) is 23.1 Å². The Morgan fingerprint density at radius 2 is 1.91 bits per heavy atom. The number of hydrogen-bond acceptors (Lipinski definition) is 5. The van der Waals surface area contributed by atoms with Gasteiger partial charge in [0.15, 0.2) is 0 Å². The molecule has 0 bridgehead atoms. The van der Waals surface area contributed by atoms with Crippen molar-refractivity contribution in [3.63, 3.8) is 0 Å². The Balaban J connectivity index is 1.38. The second-order valence-corrected chi connectivity index (χ2v) is 8.03. The standard InChI is InChI=1S/C24H26N4O4/c1-27(2)19(21-13-16-7-3-4-10-20(16)32-21)15-25-23(30)24(31)26-17-8-5-9-18(14-17)28-12-6-11-22(28)29/h3-5,7-10,13-14,19H,6,11-12,15H2,1-2H3,(H,25,30)(H,26,31)/t19-/m0/s1. The maximum atomic E-state index is 12.4. The quantitative estimate of drug-likeness (QED) is 0.582. The van der Waals surface area contributed by atoms with Gasteiger partial charge in [0.2, 0.25) is 5.91 Å². The molecule has 1 saturated heterocycles. The number of hydrogen-bond donors (Lipinski definition) is 2. The van der Waals surface area contributed by atoms with Crippen LogP contribution in [0, 0.1) is 0 Å². The van der Waals surface area contributed by atoms with Crippen LogP contribution < -0.4 is 15.5 Å². The third kappa shape index (κ3) is 4.65. The number of benzene rings is 2. The smallest absolute Gasteiger partial charge is 0.313 e. The van der Waals surface area contributed by atoms with Crippen LogP contribution >= 0.6 is 0 Å². The molecule has 0 radical (unpaired) electrons. The van der Waals surface area contributed by atoms with Crippen molar-refractivity contribution in [1.82, 2.24) is 10.2 Å². The van der Waals surface area contributed by atoms with Gasteiger partial charge in [-0.1, -0.05) is 24.3 Å². The number of furan rings is 1. The minimum Gasteiger partial charge on any atom is -0.459 e. The SMILES string of the molecule is CN(C)[C@@H](CNC(=O)C(=O)Nc1cccc(N2CCCC2=O)c1)c1cc2ccccc2o1. The minimum atomic E-state index is -0.767. The normalized spacial score (nSPS) is 14.7. The molecule has 0 aliphatic carbocycles. The number of carbonyl (C=O) groups is 3. The van der Waals surface area contributed by atoms with Gasteiger partial charge in [-0.2, -0.15) is 0 Å². The Morgan fingerprint density at radius 1 is 1.09 bits per heavy atom. The van der Waals surface area contributed by atoms with Gasteiger partial charge in [-0.3, -0.25) is 19.3 Å². The zero-order valence-corrected chi connectivity index (χ0v) is 18.1. The molecule has 8 heteroatoms. The van der Waals surface area contributed by atoms with E-state index in [-0.39, 0.29) is 18.5 Å². The molecule has 2 aromatic carbocycles. The number of fused-ring (bicyclic) bond motifs is 1. The van der Waals surface area contributed by atoms with Gasteiger partial charge in [0, 0.05) is 36.3 Å². The van der Waals surface area contributed by atoms with E-state index in [0.717, 1.165) is 17.4 Å². The van der Waals surface area contributed by atoms with Gasteiger partial charge in [0.05, 0.1) is 6.04 Å². The minimum absolute atomic E-state index is 0.0616. The molecule has 1 aliphatic rings. The molecule has 1 fully saturated rings. The number of para-hydroxylation sites is 1. The molecular weight excluding hydrogens is 408 g/mol. The van der Waals surface area contributed by atoms with Crippen LogP contribution in [0.4, 0.5) is 11.4 Å². The van der Waals surface area contributed by atoms with E-state index in [1.807, 2.05) is 55.4 Å². The Kier molecular flexibility index (Phi) is 6.23. The topological polar surface area (TPSA) is 94.9 Å². The largest absolute Gasteiger partial charge is 0.459 e. The number of anilines is 2. The summed E-state index contributed by atoms with van der Waals surface area (Å²) in [6.45, 7) is 0.867. The van der Waals surface area contributed by atoms with Crippen LogP contribution in [0.2, 0.25) is 0 Å². The van der Waals surface area contributed by atoms with Gasteiger partial charge in [-0.15, -0.1) is 0 Å². The van der Waals surface area contributed by atoms with Gasteiger partial charge < -0.3 is 20.0 Å². The van der Waals surface area contributed by atoms with Gasteiger partial charge in [0.25, 0.3) is 0 Å². The van der Waals surface area contributed by atoms with Crippen LogP contribution in [0.5, 0.6) is 0 Å². The average Bonchev–Trinajstić information content (AvgIpc) is 3.39. The zero-order chi connectivity index (χ0) is 22.7. The third-order valence-corrected chi connectivity index (χ3v) is 5.55. The van der Waals surface area contributed by atoms with Crippen molar-refractivity contribution in [2.45, 2.75) is 18.9 Å². The Hall–Kier alpha value is -3.65. The van der Waals surface area contributed by atoms with Gasteiger partial charge in [-0.05, 0) is 50.8 Å². The van der Waals surface area contributed by atoms with Crippen molar-refractivity contribution in [3.05, 3.63) is 60.4 Å². The van der Waals surface area contributed by atoms with Crippen molar-refractivity contribution in [1.29, 1.82) is 0 Å². The van der Waals surface area contributed by atoms with E-state index >= 15 is 0 Å². The lowest BCUT2D eigenvalue weighted by molar-refractivity contribution is -0.136. The maximum Gasteiger partial charge on any atom is 0.313 e. The predicted octanol–water partition coefficient (Wildman–Crippen LogP) is 2.92. The first-order valence-corrected chi connectivity index (χ1v) is 10.6. The average molecular weight is 434 g/mol. The first kappa shape index (κ1) is 21.6. The molecule has 0 spiro atoms. The molecule has 1 aliphatic heterocycles. The summed E-state index contributed by atoms with van der Waals surface area (Å²) in [5.41, 5.74) is 1.95. The number of amides is 3. The van der Waals surface area contributed by atoms with Crippen molar-refractivity contribution in [2.75, 3.05) is 37.4 Å². The summed E-state index contributed by atoms with van der Waals surface area (Å²) in [6.07, 6.45) is 1.34. The van der Waals surface area contributed by atoms with E-state index in [0.29, 0.717) is 30.1 Å². The summed E-state index contributed by atoms with van der Waals surface area (Å²) < 4.78 is 5.92. The van der Waals surface area contributed by atoms with Crippen molar-refractivity contribution in [2.24, 2.45) is 0 Å². The zero-order valence-electron chi connectivity index (χ0n) is 18.1. The van der Waals surface area contributed by atoms with E-state index in [4.69, 9.17) is 4.42 Å². The third-order valence-electron chi connectivity index (χ3n) is 5.55. The summed E-state index contributed by atoms with van der Waals surface area (Å²) >= 11 is 0. The molecule has 1 aromatic heterocycles. The summed E-state index contributed by atoms with van der Waals surface area (Å²) in [5.74, 6) is -0.737. The molecule has 3 amide bonds. The summed E-state index contributed by atoms with van der Waals surface area (Å²) in [6, 6.07) is 16.4. The molecule has 2 N–H and O–H groups in total. The van der Waals surface area contributed by atoms with Crippen molar-refractivity contribution < 1.29 is 18.8 Å². The molecule has 32 heavy (non-hydrogen) atoms. The van der Waals surface area contributed by atoms with Crippen molar-refractivity contribution >= 4 is 40.1 Å². The maximum absolute atomic E-state index is 12.4. The number of carbonyl (C=O) groups excluding carboxylic acids is 3. The fourth-order valence-electron chi connectivity index (χ4n) is 3.83. The first-order valence-electron chi connectivity index (χ1n) is 10.6. The number of likely N-dealkylation sites (N-methyl/N-ethyl adjacent to an activating group) is 1. The lowest BCUT2D eigenvalue weighted by atomic mass is 10.2. The summed E-state index contributed by atoms with van der Waals surface area (Å²) in [4.78, 5) is 40.4. The molecule has 1 atom stereocenters. The van der Waals surface area contributed by atoms with Crippen LogP contribution in [0.1, 0.15) is 24.6 Å². The lowest BCUT2D eigenvalue weighted by Gasteiger charge is -2.22. The highest BCUT2D eigenvalue weighted by molar-refractivity contribution is 6.39. The van der Waals surface area contributed by atoms with Gasteiger partial charge in [0.1, 0.15) is 11.3 Å². The highest BCUT2D eigenvalue weighted by Gasteiger charge is 2.24. The molecule has 166 valence electrons. The number of nitrogens with zero attached hydrogens (tertiary/aromatic N) is 2. The molecule has 4 rings (SSSR count). The molecule has 0 unspecified atom stereocenters. The number of nitrogens with one attached hydrogen (secondary N) is 2. The molecule has 2 heterocycles. The molecule has 0 saturated carbocycles. The van der Waals surface area contributed by atoms with E-state index in [1.165, 1.54) is 0 Å². The fourth-order valence-corrected chi connectivity index (χ4v) is 3.83. The summed E-state index contributed by atoms with van der Waals surface area (Å²) in [7, 11) is 3.77. The molecule has 3 aromatic rings. The second kappa shape index (κ2) is 9.23. The van der Waals surface area contributed by atoms with Crippen LogP contribution in [-0.4, -0.2) is 49.8 Å². The van der Waals surface area contributed by atoms with Crippen LogP contribution in [0.15, 0.2) is 59.0 Å². The second-order valence-electron chi connectivity index (χ2n) is 8.03. The number of rotatable bonds is 6. The van der Waals surface area contributed by atoms with Crippen LogP contribution in [0.25, 0.3) is 11.0 Å². The van der Waals surface area contributed by atoms with Crippen LogP contribution in [0.3, 0.4) is 0 Å². The van der Waals surface area contributed by atoms with Gasteiger partial charge >= 0.3 is 11.8 Å². The fraction of sp³-hybridized carbons (Fsp3) is 0.292. The Morgan fingerprint density at radius 3 is 2.62 bits per heavy atom. The predicted molar refractivity (Wildman–Crippen MR) is 122 cm³/mol. The Bertz CT molecular complexity index is 1120. The first-order chi connectivity index (χ1) is 15.4. The Labute approximate surface area is 186 Å². The van der Waals surface area contributed by atoms with Crippen LogP contribution in [-0.2, 0) is 14.4 Å². The lowest BCUT2D eigenvalue weighted by Crippen LogP contribution is -2.40. The van der Waals surface area contributed by atoms with E-state index in [2.05, 4.69) is 10.6 Å². The molecular formula is C24H26N4O4. The van der Waals surface area contributed by atoms with E-state index in [9.17, 15) is 14.4 Å². The molecule has 8 nitrogen and oxygen atoms in total.